The number of aromatic nitrogens is 4. The topological polar surface area (TPSA) is 76.8 Å². The number of nitrogens with one attached hydrogen (secondary N) is 2. The Labute approximate surface area is 223 Å². The molecule has 1 amide bonds. The fraction of sp³-hybridized carbons (Fsp3) is 0.367. The number of carbonyl (C=O) groups excluding carboxylic acids is 1. The minimum atomic E-state index is -0.628. The molecule has 7 nitrogen and oxygen atoms in total. The highest BCUT2D eigenvalue weighted by atomic mass is 19.1. The fourth-order valence-corrected chi connectivity index (χ4v) is 5.68. The van der Waals surface area contributed by atoms with E-state index in [1.165, 1.54) is 17.7 Å². The molecule has 0 bridgehead atoms. The van der Waals surface area contributed by atoms with Gasteiger partial charge >= 0.3 is 0 Å². The van der Waals surface area contributed by atoms with Gasteiger partial charge < -0.3 is 10.6 Å². The largest absolute Gasteiger partial charge is 0.363 e. The SMILES string of the molecule is CCC(CC)(NC(=O)c1cnn2c1NC(c1ccccc1)CC2(C)C)c1cnn(-c2ccc(F)cc2)c1C. The first-order chi connectivity index (χ1) is 18.2. The van der Waals surface area contributed by atoms with Crippen LogP contribution in [-0.2, 0) is 11.1 Å². The fourth-order valence-electron chi connectivity index (χ4n) is 5.68. The minimum absolute atomic E-state index is 0.0697. The molecule has 1 aliphatic heterocycles. The first-order valence-electron chi connectivity index (χ1n) is 13.2. The molecule has 0 spiro atoms. The van der Waals surface area contributed by atoms with E-state index in [-0.39, 0.29) is 23.3 Å². The highest BCUT2D eigenvalue weighted by Gasteiger charge is 2.39. The Bertz CT molecular complexity index is 1430. The van der Waals surface area contributed by atoms with Crippen LogP contribution in [0.25, 0.3) is 5.69 Å². The quantitative estimate of drug-likeness (QED) is 0.305. The second-order valence-corrected chi connectivity index (χ2v) is 10.7. The smallest absolute Gasteiger partial charge is 0.257 e. The van der Waals surface area contributed by atoms with Gasteiger partial charge in [0, 0.05) is 11.3 Å². The van der Waals surface area contributed by atoms with Crippen molar-refractivity contribution < 1.29 is 9.18 Å². The summed E-state index contributed by atoms with van der Waals surface area (Å²) in [6.07, 6.45) is 5.69. The number of rotatable bonds is 7. The molecule has 8 heteroatoms. The molecule has 198 valence electrons. The summed E-state index contributed by atoms with van der Waals surface area (Å²) in [6.45, 7) is 10.4. The molecule has 4 aromatic rings. The van der Waals surface area contributed by atoms with E-state index in [1.807, 2.05) is 36.0 Å². The maximum absolute atomic E-state index is 13.9. The molecule has 0 fully saturated rings. The van der Waals surface area contributed by atoms with Gasteiger partial charge in [0.05, 0.1) is 35.2 Å². The number of hydrogen-bond acceptors (Lipinski definition) is 4. The molecule has 5 rings (SSSR count). The van der Waals surface area contributed by atoms with Crippen LogP contribution in [0.15, 0.2) is 67.0 Å². The molecule has 0 radical (unpaired) electrons. The summed E-state index contributed by atoms with van der Waals surface area (Å²) in [5, 5.41) is 16.2. The molecule has 1 aliphatic rings. The van der Waals surface area contributed by atoms with Crippen LogP contribution >= 0.6 is 0 Å². The van der Waals surface area contributed by atoms with Crippen LogP contribution in [0.5, 0.6) is 0 Å². The monoisotopic (exact) mass is 514 g/mol. The Balaban J connectivity index is 1.48. The lowest BCUT2D eigenvalue weighted by Crippen LogP contribution is -2.46. The summed E-state index contributed by atoms with van der Waals surface area (Å²) in [6, 6.07) is 16.6. The summed E-state index contributed by atoms with van der Waals surface area (Å²) in [5.74, 6) is 0.256. The average molecular weight is 515 g/mol. The Morgan fingerprint density at radius 2 is 1.76 bits per heavy atom. The van der Waals surface area contributed by atoms with Gasteiger partial charge in [-0.15, -0.1) is 0 Å². The molecule has 2 N–H and O–H groups in total. The molecule has 1 atom stereocenters. The van der Waals surface area contributed by atoms with Crippen molar-refractivity contribution in [2.24, 2.45) is 0 Å². The van der Waals surface area contributed by atoms with Crippen molar-refractivity contribution in [3.63, 3.8) is 0 Å². The zero-order chi connectivity index (χ0) is 27.1. The van der Waals surface area contributed by atoms with Gasteiger partial charge in [-0.3, -0.25) is 4.79 Å². The summed E-state index contributed by atoms with van der Waals surface area (Å²) in [7, 11) is 0. The maximum atomic E-state index is 13.9. The zero-order valence-electron chi connectivity index (χ0n) is 22.6. The minimum Gasteiger partial charge on any atom is -0.363 e. The van der Waals surface area contributed by atoms with Crippen LogP contribution < -0.4 is 10.6 Å². The van der Waals surface area contributed by atoms with Crippen molar-refractivity contribution in [1.29, 1.82) is 0 Å². The van der Waals surface area contributed by atoms with Gasteiger partial charge in [0.2, 0.25) is 0 Å². The molecule has 0 saturated heterocycles. The van der Waals surface area contributed by atoms with E-state index in [9.17, 15) is 9.18 Å². The van der Waals surface area contributed by atoms with Crippen LogP contribution in [0.2, 0.25) is 0 Å². The lowest BCUT2D eigenvalue weighted by molar-refractivity contribution is 0.0889. The van der Waals surface area contributed by atoms with Crippen LogP contribution in [0.3, 0.4) is 0 Å². The Morgan fingerprint density at radius 1 is 1.08 bits per heavy atom. The number of carbonyl (C=O) groups is 1. The van der Waals surface area contributed by atoms with Crippen LogP contribution in [0.4, 0.5) is 10.2 Å². The molecule has 2 aromatic carbocycles. The summed E-state index contributed by atoms with van der Waals surface area (Å²) in [4.78, 5) is 13.9. The van der Waals surface area contributed by atoms with Gasteiger partial charge in [-0.2, -0.15) is 10.2 Å². The van der Waals surface area contributed by atoms with Crippen molar-refractivity contribution in [3.05, 3.63) is 95.2 Å². The van der Waals surface area contributed by atoms with Gasteiger partial charge in [-0.05, 0) is 69.9 Å². The third-order valence-corrected chi connectivity index (χ3v) is 7.96. The third kappa shape index (κ3) is 4.38. The second kappa shape index (κ2) is 9.74. The number of amides is 1. The Kier molecular flexibility index (Phi) is 6.59. The van der Waals surface area contributed by atoms with Crippen molar-refractivity contribution in [1.82, 2.24) is 24.9 Å². The van der Waals surface area contributed by atoms with E-state index in [0.29, 0.717) is 18.4 Å². The first kappa shape index (κ1) is 25.7. The molecular weight excluding hydrogens is 479 g/mol. The van der Waals surface area contributed by atoms with Gasteiger partial charge in [0.25, 0.3) is 5.91 Å². The number of halogens is 1. The molecule has 3 heterocycles. The molecular formula is C30H35FN6O. The zero-order valence-corrected chi connectivity index (χ0v) is 22.6. The first-order valence-corrected chi connectivity index (χ1v) is 13.2. The normalized spacial score (nSPS) is 16.5. The van der Waals surface area contributed by atoms with Crippen LogP contribution in [0, 0.1) is 12.7 Å². The molecule has 0 aliphatic carbocycles. The van der Waals surface area contributed by atoms with E-state index in [4.69, 9.17) is 0 Å². The average Bonchev–Trinajstić information content (AvgIpc) is 3.53. The predicted octanol–water partition coefficient (Wildman–Crippen LogP) is 6.25. The van der Waals surface area contributed by atoms with E-state index >= 15 is 0 Å². The molecule has 38 heavy (non-hydrogen) atoms. The summed E-state index contributed by atoms with van der Waals surface area (Å²) >= 11 is 0. The van der Waals surface area contributed by atoms with E-state index in [0.717, 1.165) is 29.2 Å². The van der Waals surface area contributed by atoms with Crippen molar-refractivity contribution in [2.75, 3.05) is 5.32 Å². The molecule has 0 saturated carbocycles. The van der Waals surface area contributed by atoms with E-state index < -0.39 is 5.54 Å². The highest BCUT2D eigenvalue weighted by Crippen LogP contribution is 2.40. The number of benzene rings is 2. The van der Waals surface area contributed by atoms with Gasteiger partial charge in [0.1, 0.15) is 17.2 Å². The van der Waals surface area contributed by atoms with Crippen molar-refractivity contribution >= 4 is 11.7 Å². The number of nitrogens with zero attached hydrogens (tertiary/aromatic N) is 4. The van der Waals surface area contributed by atoms with Crippen LogP contribution in [-0.4, -0.2) is 25.5 Å². The van der Waals surface area contributed by atoms with Crippen molar-refractivity contribution in [2.45, 2.75) is 71.0 Å². The number of fused-ring (bicyclic) bond motifs is 1. The van der Waals surface area contributed by atoms with E-state index in [2.05, 4.69) is 60.7 Å². The number of hydrogen-bond donors (Lipinski definition) is 2. The Hall–Kier alpha value is -3.94. The molecule has 2 aromatic heterocycles. The lowest BCUT2D eigenvalue weighted by Gasteiger charge is -2.38. The van der Waals surface area contributed by atoms with Gasteiger partial charge in [0.15, 0.2) is 0 Å². The van der Waals surface area contributed by atoms with E-state index in [1.54, 1.807) is 23.0 Å². The van der Waals surface area contributed by atoms with Gasteiger partial charge in [-0.25, -0.2) is 13.8 Å². The summed E-state index contributed by atoms with van der Waals surface area (Å²) < 4.78 is 17.2. The summed E-state index contributed by atoms with van der Waals surface area (Å²) in [5.41, 5.74) is 3.42. The number of anilines is 1. The molecule has 1 unspecified atom stereocenters. The van der Waals surface area contributed by atoms with Crippen LogP contribution in [0.1, 0.15) is 80.2 Å². The van der Waals surface area contributed by atoms with Crippen molar-refractivity contribution in [3.8, 4) is 5.69 Å². The van der Waals surface area contributed by atoms with Gasteiger partial charge in [-0.1, -0.05) is 44.2 Å². The third-order valence-electron chi connectivity index (χ3n) is 7.96. The second-order valence-electron chi connectivity index (χ2n) is 10.7. The Morgan fingerprint density at radius 3 is 2.42 bits per heavy atom. The lowest BCUT2D eigenvalue weighted by atomic mass is 9.84. The maximum Gasteiger partial charge on any atom is 0.257 e. The highest BCUT2D eigenvalue weighted by molar-refractivity contribution is 5.99. The standard InChI is InChI=1S/C30H35FN6O/c1-6-30(7-2,25-19-32-36(20(25)3)23-15-13-22(31)14-16-23)35-28(38)24-18-33-37-27(24)34-26(17-29(37,4)5)21-11-9-8-10-12-21/h8-16,18-19,26,34H,6-7,17H2,1-5H3,(H,35,38). The predicted molar refractivity (Wildman–Crippen MR) is 147 cm³/mol.